The van der Waals surface area contributed by atoms with E-state index in [1.54, 1.807) is 30.3 Å². The van der Waals surface area contributed by atoms with Crippen LogP contribution in [0.15, 0.2) is 59.5 Å². The highest BCUT2D eigenvalue weighted by Crippen LogP contribution is 2.25. The first-order valence-corrected chi connectivity index (χ1v) is 7.39. The number of hydrogen-bond acceptors (Lipinski definition) is 6. The molecule has 24 heavy (non-hydrogen) atoms. The third kappa shape index (κ3) is 2.36. The average Bonchev–Trinajstić information content (AvgIpc) is 3.30. The molecule has 7 heteroatoms. The van der Waals surface area contributed by atoms with Crippen LogP contribution in [0, 0.1) is 0 Å². The maximum Gasteiger partial charge on any atom is 0.212 e. The van der Waals surface area contributed by atoms with Crippen molar-refractivity contribution in [2.75, 3.05) is 19.1 Å². The molecule has 4 heterocycles. The molecule has 0 aliphatic rings. The Balaban J connectivity index is 1.78. The molecular weight excluding hydrogens is 306 g/mol. The number of imidazole rings is 1. The lowest BCUT2D eigenvalue weighted by Crippen LogP contribution is -2.12. The molecular formula is C17H15N5O2. The van der Waals surface area contributed by atoms with Crippen molar-refractivity contribution in [3.63, 3.8) is 0 Å². The molecule has 0 N–H and O–H groups in total. The normalized spacial score (nSPS) is 10.9. The van der Waals surface area contributed by atoms with E-state index in [1.165, 1.54) is 0 Å². The molecule has 0 atom stereocenters. The number of ether oxygens (including phenoxy) is 1. The van der Waals surface area contributed by atoms with Gasteiger partial charge in [-0.15, -0.1) is 5.10 Å². The number of aromatic nitrogens is 4. The second kappa shape index (κ2) is 5.69. The van der Waals surface area contributed by atoms with Gasteiger partial charge in [0.25, 0.3) is 0 Å². The zero-order chi connectivity index (χ0) is 16.5. The number of methoxy groups -OCH3 is 1. The maximum absolute atomic E-state index is 5.42. The lowest BCUT2D eigenvalue weighted by atomic mass is 10.2. The van der Waals surface area contributed by atoms with Gasteiger partial charge in [0.1, 0.15) is 0 Å². The van der Waals surface area contributed by atoms with Crippen molar-refractivity contribution in [1.82, 2.24) is 19.6 Å². The van der Waals surface area contributed by atoms with Crippen molar-refractivity contribution in [3.8, 4) is 17.1 Å². The van der Waals surface area contributed by atoms with Crippen LogP contribution < -0.4 is 9.64 Å². The van der Waals surface area contributed by atoms with Gasteiger partial charge in [0, 0.05) is 30.9 Å². The largest absolute Gasteiger partial charge is 0.481 e. The van der Waals surface area contributed by atoms with E-state index in [0.717, 1.165) is 28.6 Å². The third-order valence-electron chi connectivity index (χ3n) is 3.77. The Morgan fingerprint density at radius 3 is 2.71 bits per heavy atom. The van der Waals surface area contributed by atoms with Crippen molar-refractivity contribution >= 4 is 17.3 Å². The number of anilines is 2. The van der Waals surface area contributed by atoms with Crippen molar-refractivity contribution in [3.05, 3.63) is 55.1 Å². The summed E-state index contributed by atoms with van der Waals surface area (Å²) in [5, 5.41) is 4.67. The highest BCUT2D eigenvalue weighted by molar-refractivity contribution is 5.64. The number of rotatable bonds is 4. The molecule has 0 fully saturated rings. The Morgan fingerprint density at radius 2 is 2.00 bits per heavy atom. The molecule has 4 rings (SSSR count). The predicted molar refractivity (Wildman–Crippen MR) is 89.5 cm³/mol. The lowest BCUT2D eigenvalue weighted by Gasteiger charge is -2.15. The first-order chi connectivity index (χ1) is 11.8. The van der Waals surface area contributed by atoms with Crippen molar-refractivity contribution in [2.24, 2.45) is 0 Å². The molecule has 7 nitrogen and oxygen atoms in total. The van der Waals surface area contributed by atoms with Gasteiger partial charge in [-0.1, -0.05) is 0 Å². The molecule has 0 bridgehead atoms. The van der Waals surface area contributed by atoms with E-state index in [2.05, 4.69) is 15.1 Å². The molecule has 0 aliphatic carbocycles. The first-order valence-electron chi connectivity index (χ1n) is 7.39. The fourth-order valence-corrected chi connectivity index (χ4v) is 2.47. The average molecular weight is 321 g/mol. The zero-order valence-corrected chi connectivity index (χ0v) is 13.2. The smallest absolute Gasteiger partial charge is 0.212 e. The van der Waals surface area contributed by atoms with Gasteiger partial charge in [-0.3, -0.25) is 4.90 Å². The summed E-state index contributed by atoms with van der Waals surface area (Å²) in [6, 6.07) is 11.3. The van der Waals surface area contributed by atoms with Gasteiger partial charge < -0.3 is 9.15 Å². The van der Waals surface area contributed by atoms with Gasteiger partial charge in [0.2, 0.25) is 11.8 Å². The van der Waals surface area contributed by atoms with Gasteiger partial charge in [-0.25, -0.2) is 14.5 Å². The Bertz CT molecular complexity index is 960. The zero-order valence-electron chi connectivity index (χ0n) is 13.2. The fraction of sp³-hybridized carbons (Fsp3) is 0.118. The van der Waals surface area contributed by atoms with Crippen LogP contribution in [0.3, 0.4) is 0 Å². The Labute approximate surface area is 138 Å². The second-order valence-corrected chi connectivity index (χ2v) is 5.20. The molecule has 4 aromatic rings. The summed E-state index contributed by atoms with van der Waals surface area (Å²) < 4.78 is 12.3. The molecule has 0 radical (unpaired) electrons. The Morgan fingerprint density at radius 1 is 1.08 bits per heavy atom. The number of nitrogens with zero attached hydrogens (tertiary/aromatic N) is 5. The van der Waals surface area contributed by atoms with E-state index in [4.69, 9.17) is 9.15 Å². The van der Waals surface area contributed by atoms with Crippen molar-refractivity contribution in [2.45, 2.75) is 0 Å². The van der Waals surface area contributed by atoms with Crippen LogP contribution in [0.5, 0.6) is 5.88 Å². The second-order valence-electron chi connectivity index (χ2n) is 5.20. The molecule has 0 aliphatic heterocycles. The fourth-order valence-electron chi connectivity index (χ4n) is 2.47. The van der Waals surface area contributed by atoms with Gasteiger partial charge in [-0.2, -0.15) is 0 Å². The van der Waals surface area contributed by atoms with Crippen LogP contribution in [-0.4, -0.2) is 33.7 Å². The number of hydrogen-bond donors (Lipinski definition) is 0. The summed E-state index contributed by atoms with van der Waals surface area (Å²) >= 11 is 0. The highest BCUT2D eigenvalue weighted by atomic mass is 16.5. The lowest BCUT2D eigenvalue weighted by molar-refractivity contribution is 0.398. The molecule has 0 amide bonds. The third-order valence-corrected chi connectivity index (χ3v) is 3.77. The minimum atomic E-state index is 0.568. The summed E-state index contributed by atoms with van der Waals surface area (Å²) in [5.41, 5.74) is 2.53. The summed E-state index contributed by atoms with van der Waals surface area (Å²) in [5.74, 6) is 2.03. The van der Waals surface area contributed by atoms with Crippen molar-refractivity contribution in [1.29, 1.82) is 0 Å². The van der Waals surface area contributed by atoms with Crippen LogP contribution in [0.4, 0.5) is 11.7 Å². The minimum absolute atomic E-state index is 0.568. The predicted octanol–water partition coefficient (Wildman–Crippen LogP) is 3.16. The van der Waals surface area contributed by atoms with Crippen LogP contribution in [0.25, 0.3) is 16.9 Å². The molecule has 120 valence electrons. The van der Waals surface area contributed by atoms with E-state index in [0.29, 0.717) is 5.88 Å². The van der Waals surface area contributed by atoms with Crippen LogP contribution in [-0.2, 0) is 0 Å². The molecule has 0 saturated carbocycles. The van der Waals surface area contributed by atoms with Gasteiger partial charge in [0.15, 0.2) is 11.5 Å². The standard InChI is InChI=1S/C17H15N5O2/c1-21(17-4-3-9-24-17)15-7-6-14-18-11-13(22(14)20-15)12-5-8-16(23-2)19-10-12/h3-11H,1-2H3. The van der Waals surface area contributed by atoms with E-state index in [1.807, 2.05) is 48.3 Å². The monoisotopic (exact) mass is 321 g/mol. The first kappa shape index (κ1) is 14.3. The summed E-state index contributed by atoms with van der Waals surface area (Å²) in [7, 11) is 3.49. The molecule has 4 aromatic heterocycles. The van der Waals surface area contributed by atoms with E-state index in [-0.39, 0.29) is 0 Å². The van der Waals surface area contributed by atoms with E-state index >= 15 is 0 Å². The quantitative estimate of drug-likeness (QED) is 0.575. The molecule has 0 aromatic carbocycles. The molecule has 0 unspecified atom stereocenters. The summed E-state index contributed by atoms with van der Waals surface area (Å²) in [6.07, 6.45) is 5.16. The van der Waals surface area contributed by atoms with Gasteiger partial charge in [0.05, 0.1) is 25.3 Å². The van der Waals surface area contributed by atoms with Crippen LogP contribution in [0.1, 0.15) is 0 Å². The van der Waals surface area contributed by atoms with Crippen LogP contribution in [0.2, 0.25) is 0 Å². The maximum atomic E-state index is 5.42. The van der Waals surface area contributed by atoms with Gasteiger partial charge in [-0.05, 0) is 24.3 Å². The molecule has 0 saturated heterocycles. The summed E-state index contributed by atoms with van der Waals surface area (Å²) in [4.78, 5) is 10.5. The minimum Gasteiger partial charge on any atom is -0.481 e. The topological polar surface area (TPSA) is 68.7 Å². The Kier molecular flexibility index (Phi) is 3.38. The van der Waals surface area contributed by atoms with E-state index < -0.39 is 0 Å². The van der Waals surface area contributed by atoms with Crippen molar-refractivity contribution < 1.29 is 9.15 Å². The SMILES string of the molecule is COc1ccc(-c2cnc3ccc(N(C)c4ccco4)nn23)cn1. The van der Waals surface area contributed by atoms with Crippen LogP contribution >= 0.6 is 0 Å². The van der Waals surface area contributed by atoms with E-state index in [9.17, 15) is 0 Å². The number of furan rings is 1. The number of fused-ring (bicyclic) bond motifs is 1. The van der Waals surface area contributed by atoms with Gasteiger partial charge >= 0.3 is 0 Å². The molecule has 0 spiro atoms. The summed E-state index contributed by atoms with van der Waals surface area (Å²) in [6.45, 7) is 0. The number of pyridine rings is 1. The highest BCUT2D eigenvalue weighted by Gasteiger charge is 2.12. The Hall–Kier alpha value is -3.35.